The maximum Gasteiger partial charge on any atom is 0.222 e. The van der Waals surface area contributed by atoms with E-state index in [-0.39, 0.29) is 18.0 Å². The molecule has 1 fully saturated rings. The average Bonchev–Trinajstić information content (AvgIpc) is 3.19. The number of ether oxygens (including phenoxy) is 2. The van der Waals surface area contributed by atoms with Crippen molar-refractivity contribution in [1.82, 2.24) is 19.9 Å². The summed E-state index contributed by atoms with van der Waals surface area (Å²) in [4.78, 5) is 9.21. The summed E-state index contributed by atoms with van der Waals surface area (Å²) in [5.41, 5.74) is 11.0. The third kappa shape index (κ3) is 5.07. The topological polar surface area (TPSA) is 119 Å². The maximum atomic E-state index is 9.71. The lowest BCUT2D eigenvalue weighted by Crippen LogP contribution is -2.52. The second-order valence-corrected chi connectivity index (χ2v) is 9.91. The van der Waals surface area contributed by atoms with Crippen LogP contribution in [0.4, 0.5) is 11.8 Å². The predicted octanol–water partition coefficient (Wildman–Crippen LogP) is 3.53. The Kier molecular flexibility index (Phi) is 7.45. The number of para-hydroxylation sites is 1. The zero-order chi connectivity index (χ0) is 25.8. The Hall–Kier alpha value is -3.40. The van der Waals surface area contributed by atoms with Gasteiger partial charge in [0.25, 0.3) is 0 Å². The standard InChI is InChI=1S/C28H36N6O3/c1-3-4-11-31-26-25-24(32-27(29)33-26)21-7-5-6-8-22(21)34(25)14-20-12-19(9-10-23(20)36-2)13-30-15-28(16-35)17-37-18-28/h5-10,12,30,35H,3-4,11,13-18H2,1-2H3,(H3,29,31,32,33). The number of nitrogens with one attached hydrogen (secondary N) is 2. The Morgan fingerprint density at radius 2 is 2.03 bits per heavy atom. The third-order valence-corrected chi connectivity index (χ3v) is 7.10. The highest BCUT2D eigenvalue weighted by atomic mass is 16.5. The summed E-state index contributed by atoms with van der Waals surface area (Å²) >= 11 is 0. The largest absolute Gasteiger partial charge is 0.496 e. The Labute approximate surface area is 217 Å². The fourth-order valence-corrected chi connectivity index (χ4v) is 4.96. The van der Waals surface area contributed by atoms with Crippen LogP contribution < -0.4 is 21.1 Å². The van der Waals surface area contributed by atoms with E-state index in [9.17, 15) is 5.11 Å². The van der Waals surface area contributed by atoms with Crippen LogP contribution in [0.1, 0.15) is 30.9 Å². The highest BCUT2D eigenvalue weighted by Gasteiger charge is 2.37. The van der Waals surface area contributed by atoms with Gasteiger partial charge >= 0.3 is 0 Å². The average molecular weight is 505 g/mol. The van der Waals surface area contributed by atoms with Crippen molar-refractivity contribution in [2.75, 3.05) is 51.1 Å². The summed E-state index contributed by atoms with van der Waals surface area (Å²) in [6.45, 7) is 6.29. The minimum absolute atomic E-state index is 0.128. The van der Waals surface area contributed by atoms with Crippen molar-refractivity contribution >= 4 is 33.7 Å². The number of aliphatic hydroxyl groups is 1. The van der Waals surface area contributed by atoms with Crippen LogP contribution in [-0.2, 0) is 17.8 Å². The molecule has 196 valence electrons. The molecule has 5 rings (SSSR count). The van der Waals surface area contributed by atoms with E-state index in [1.54, 1.807) is 7.11 Å². The molecule has 0 radical (unpaired) electrons. The molecule has 0 saturated carbocycles. The molecule has 3 heterocycles. The van der Waals surface area contributed by atoms with Crippen LogP contribution in [-0.4, -0.2) is 59.7 Å². The lowest BCUT2D eigenvalue weighted by atomic mass is 9.87. The number of hydrogen-bond acceptors (Lipinski definition) is 8. The van der Waals surface area contributed by atoms with E-state index in [0.717, 1.165) is 64.0 Å². The Morgan fingerprint density at radius 3 is 2.76 bits per heavy atom. The van der Waals surface area contributed by atoms with Crippen LogP contribution in [0, 0.1) is 5.41 Å². The highest BCUT2D eigenvalue weighted by molar-refractivity contribution is 6.09. The summed E-state index contributed by atoms with van der Waals surface area (Å²) in [6, 6.07) is 14.5. The SMILES string of the molecule is CCCCNc1nc(N)nc2c3ccccc3n(Cc3cc(CNCC4(CO)COC4)ccc3OC)c12. The van der Waals surface area contributed by atoms with Crippen molar-refractivity contribution in [1.29, 1.82) is 0 Å². The second kappa shape index (κ2) is 10.9. The highest BCUT2D eigenvalue weighted by Crippen LogP contribution is 2.34. The number of methoxy groups -OCH3 is 1. The molecule has 2 aromatic carbocycles. The van der Waals surface area contributed by atoms with Crippen molar-refractivity contribution < 1.29 is 14.6 Å². The van der Waals surface area contributed by atoms with Gasteiger partial charge in [0.2, 0.25) is 5.95 Å². The number of anilines is 2. The van der Waals surface area contributed by atoms with Gasteiger partial charge in [-0.3, -0.25) is 0 Å². The summed E-state index contributed by atoms with van der Waals surface area (Å²) in [6.07, 6.45) is 2.13. The number of aromatic nitrogens is 3. The molecular weight excluding hydrogens is 468 g/mol. The molecule has 1 saturated heterocycles. The number of rotatable bonds is 12. The number of nitrogens with zero attached hydrogens (tertiary/aromatic N) is 3. The van der Waals surface area contributed by atoms with Crippen molar-refractivity contribution in [2.45, 2.75) is 32.9 Å². The first-order valence-corrected chi connectivity index (χ1v) is 12.9. The fourth-order valence-electron chi connectivity index (χ4n) is 4.96. The quantitative estimate of drug-likeness (QED) is 0.216. The zero-order valence-electron chi connectivity index (χ0n) is 21.6. The molecule has 2 aromatic heterocycles. The zero-order valence-corrected chi connectivity index (χ0v) is 21.6. The van der Waals surface area contributed by atoms with Gasteiger partial charge in [0, 0.05) is 30.6 Å². The molecule has 0 unspecified atom stereocenters. The van der Waals surface area contributed by atoms with Crippen LogP contribution in [0.2, 0.25) is 0 Å². The number of hydrogen-bond donors (Lipinski definition) is 4. The molecule has 5 N–H and O–H groups in total. The summed E-state index contributed by atoms with van der Waals surface area (Å²) in [7, 11) is 1.70. The van der Waals surface area contributed by atoms with Gasteiger partial charge in [0.15, 0.2) is 5.82 Å². The molecule has 9 heteroatoms. The van der Waals surface area contributed by atoms with E-state index in [1.165, 1.54) is 0 Å². The molecule has 1 aliphatic heterocycles. The van der Waals surface area contributed by atoms with Gasteiger partial charge in [0.05, 0.1) is 44.4 Å². The van der Waals surface area contributed by atoms with Gasteiger partial charge in [-0.05, 0) is 30.2 Å². The molecule has 1 aliphatic rings. The van der Waals surface area contributed by atoms with Gasteiger partial charge in [-0.2, -0.15) is 4.98 Å². The lowest BCUT2D eigenvalue weighted by Gasteiger charge is -2.40. The minimum Gasteiger partial charge on any atom is -0.496 e. The van der Waals surface area contributed by atoms with E-state index < -0.39 is 0 Å². The van der Waals surface area contributed by atoms with Crippen molar-refractivity contribution in [2.24, 2.45) is 5.41 Å². The number of unbranched alkanes of at least 4 members (excludes halogenated alkanes) is 1. The van der Waals surface area contributed by atoms with E-state index in [0.29, 0.717) is 32.8 Å². The van der Waals surface area contributed by atoms with Gasteiger partial charge in [-0.25, -0.2) is 4.98 Å². The Bertz CT molecular complexity index is 1380. The van der Waals surface area contributed by atoms with E-state index in [4.69, 9.17) is 15.2 Å². The third-order valence-electron chi connectivity index (χ3n) is 7.10. The summed E-state index contributed by atoms with van der Waals surface area (Å²) in [5.74, 6) is 1.84. The number of nitrogens with two attached hydrogens (primary N) is 1. The smallest absolute Gasteiger partial charge is 0.222 e. The minimum atomic E-state index is -0.165. The van der Waals surface area contributed by atoms with Gasteiger partial charge < -0.3 is 35.5 Å². The molecule has 0 aliphatic carbocycles. The van der Waals surface area contributed by atoms with Crippen LogP contribution in [0.5, 0.6) is 5.75 Å². The molecule has 9 nitrogen and oxygen atoms in total. The van der Waals surface area contributed by atoms with Crippen molar-refractivity contribution in [3.63, 3.8) is 0 Å². The maximum absolute atomic E-state index is 9.71. The van der Waals surface area contributed by atoms with Crippen LogP contribution in [0.15, 0.2) is 42.5 Å². The molecule has 0 amide bonds. The monoisotopic (exact) mass is 504 g/mol. The number of benzene rings is 2. The molecule has 0 atom stereocenters. The number of fused-ring (bicyclic) bond motifs is 3. The van der Waals surface area contributed by atoms with Crippen LogP contribution in [0.3, 0.4) is 0 Å². The van der Waals surface area contributed by atoms with E-state index >= 15 is 0 Å². The second-order valence-electron chi connectivity index (χ2n) is 9.91. The first-order valence-electron chi connectivity index (χ1n) is 12.9. The normalized spacial score (nSPS) is 14.7. The Balaban J connectivity index is 1.50. The lowest BCUT2D eigenvalue weighted by molar-refractivity contribution is -0.134. The fraction of sp³-hybridized carbons (Fsp3) is 0.429. The summed E-state index contributed by atoms with van der Waals surface area (Å²) < 4.78 is 13.3. The summed E-state index contributed by atoms with van der Waals surface area (Å²) in [5, 5.41) is 17.7. The first-order chi connectivity index (χ1) is 18.1. The van der Waals surface area contributed by atoms with E-state index in [2.05, 4.69) is 56.4 Å². The number of aliphatic hydroxyl groups excluding tert-OH is 1. The van der Waals surface area contributed by atoms with Crippen molar-refractivity contribution in [3.8, 4) is 5.75 Å². The molecule has 4 aromatic rings. The molecule has 0 bridgehead atoms. The van der Waals surface area contributed by atoms with Gasteiger partial charge in [0.1, 0.15) is 16.8 Å². The Morgan fingerprint density at radius 1 is 1.19 bits per heavy atom. The predicted molar refractivity (Wildman–Crippen MR) is 147 cm³/mol. The van der Waals surface area contributed by atoms with E-state index in [1.807, 2.05) is 18.2 Å². The van der Waals surface area contributed by atoms with Crippen LogP contribution in [0.25, 0.3) is 21.9 Å². The number of nitrogen functional groups attached to an aromatic ring is 1. The van der Waals surface area contributed by atoms with Crippen LogP contribution >= 0.6 is 0 Å². The molecular formula is C28H36N6O3. The van der Waals surface area contributed by atoms with Gasteiger partial charge in [-0.1, -0.05) is 37.6 Å². The molecule has 37 heavy (non-hydrogen) atoms. The molecule has 0 spiro atoms. The van der Waals surface area contributed by atoms with Crippen molar-refractivity contribution in [3.05, 3.63) is 53.6 Å². The van der Waals surface area contributed by atoms with Gasteiger partial charge in [-0.15, -0.1) is 0 Å². The first kappa shape index (κ1) is 25.3.